The number of nitrogens with one attached hydrogen (secondary N) is 3. The Balaban J connectivity index is 5.30. The number of carbonyl (C=O) groups excluding carboxylic acids is 4. The highest BCUT2D eigenvalue weighted by Crippen LogP contribution is 2.09. The van der Waals surface area contributed by atoms with E-state index in [9.17, 15) is 29.4 Å². The molecule has 0 spiro atoms. The number of carbonyl (C=O) groups is 4. The Hall–Kier alpha value is -2.44. The van der Waals surface area contributed by atoms with E-state index in [1.807, 2.05) is 0 Å². The first kappa shape index (κ1) is 28.6. The number of amides is 3. The summed E-state index contributed by atoms with van der Waals surface area (Å²) in [7, 11) is 1.07. The van der Waals surface area contributed by atoms with Crippen LogP contribution in [-0.2, 0) is 28.6 Å². The van der Waals surface area contributed by atoms with Gasteiger partial charge in [0.05, 0.1) is 32.5 Å². The first-order valence-corrected chi connectivity index (χ1v) is 9.67. The Kier molecular flexibility index (Phi) is 11.4. The van der Waals surface area contributed by atoms with E-state index in [0.29, 0.717) is 0 Å². The van der Waals surface area contributed by atoms with Crippen LogP contribution < -0.4 is 16.0 Å². The topological polar surface area (TPSA) is 173 Å². The predicted octanol–water partition coefficient (Wildman–Crippen LogP) is -1.18. The Morgan fingerprint density at radius 1 is 0.774 bits per heavy atom. The zero-order valence-electron chi connectivity index (χ0n) is 19.1. The van der Waals surface area contributed by atoms with Gasteiger partial charge in [0.25, 0.3) is 0 Å². The van der Waals surface area contributed by atoms with E-state index in [1.54, 1.807) is 41.5 Å². The van der Waals surface area contributed by atoms with Crippen LogP contribution >= 0.6 is 0 Å². The van der Waals surface area contributed by atoms with E-state index in [2.05, 4.69) is 20.7 Å². The largest absolute Gasteiger partial charge is 0.467 e. The van der Waals surface area contributed by atoms with Crippen molar-refractivity contribution in [2.75, 3.05) is 26.9 Å². The van der Waals surface area contributed by atoms with Crippen molar-refractivity contribution in [2.24, 2.45) is 0 Å². The molecule has 180 valence electrons. The monoisotopic (exact) mass is 449 g/mol. The molecule has 0 aliphatic carbocycles. The van der Waals surface area contributed by atoms with Gasteiger partial charge < -0.3 is 40.4 Å². The second kappa shape index (κ2) is 12.4. The molecule has 0 rings (SSSR count). The average molecular weight is 450 g/mol. The first-order valence-electron chi connectivity index (χ1n) is 9.67. The van der Waals surface area contributed by atoms with Gasteiger partial charge in [0.1, 0.15) is 17.7 Å². The smallest absolute Gasteiger partial charge is 0.408 e. The number of hydrogen-bond donors (Lipinski definition) is 5. The van der Waals surface area contributed by atoms with Crippen LogP contribution in [-0.4, -0.2) is 90.3 Å². The van der Waals surface area contributed by atoms with Crippen molar-refractivity contribution in [3.05, 3.63) is 0 Å². The molecule has 0 saturated heterocycles. The summed E-state index contributed by atoms with van der Waals surface area (Å²) in [6.07, 6.45) is -0.874. The quantitative estimate of drug-likeness (QED) is 0.257. The van der Waals surface area contributed by atoms with Gasteiger partial charge in [-0.25, -0.2) is 9.59 Å². The SMILES string of the molecule is COC(=O)[C@H](CO)NC(=O)[C@H](CO)NC(=O)[C@H](COC(C)(C)C)NC(=O)OC(C)(C)C. The molecule has 0 saturated carbocycles. The predicted molar refractivity (Wildman–Crippen MR) is 109 cm³/mol. The van der Waals surface area contributed by atoms with Crippen LogP contribution in [0, 0.1) is 0 Å². The number of alkyl carbamates (subject to hydrolysis) is 1. The van der Waals surface area contributed by atoms with E-state index in [1.165, 1.54) is 0 Å². The van der Waals surface area contributed by atoms with E-state index in [4.69, 9.17) is 9.47 Å². The minimum absolute atomic E-state index is 0.240. The number of esters is 1. The summed E-state index contributed by atoms with van der Waals surface area (Å²) >= 11 is 0. The first-order chi connectivity index (χ1) is 14.1. The normalized spacial score (nSPS) is 14.6. The summed E-state index contributed by atoms with van der Waals surface area (Å²) in [5.74, 6) is -2.67. The molecule has 0 aliphatic heterocycles. The van der Waals surface area contributed by atoms with Crippen molar-refractivity contribution in [3.63, 3.8) is 0 Å². The molecular weight excluding hydrogens is 414 g/mol. The molecule has 0 aromatic carbocycles. The van der Waals surface area contributed by atoms with Crippen molar-refractivity contribution in [1.82, 2.24) is 16.0 Å². The summed E-state index contributed by atoms with van der Waals surface area (Å²) in [5.41, 5.74) is -1.44. The van der Waals surface area contributed by atoms with Gasteiger partial charge >= 0.3 is 12.1 Å². The second-order valence-corrected chi connectivity index (χ2v) is 8.63. The van der Waals surface area contributed by atoms with Gasteiger partial charge in [-0.3, -0.25) is 9.59 Å². The van der Waals surface area contributed by atoms with Crippen molar-refractivity contribution in [2.45, 2.75) is 70.9 Å². The van der Waals surface area contributed by atoms with E-state index >= 15 is 0 Å². The molecule has 0 heterocycles. The molecule has 3 amide bonds. The number of aliphatic hydroxyl groups is 2. The number of hydrogen-bond acceptors (Lipinski definition) is 9. The molecule has 12 nitrogen and oxygen atoms in total. The van der Waals surface area contributed by atoms with Crippen LogP contribution in [0.5, 0.6) is 0 Å². The van der Waals surface area contributed by atoms with Crippen molar-refractivity contribution < 1.29 is 43.6 Å². The standard InChI is InChI=1S/C19H35N3O9/c1-18(2,3)30-10-13(22-17(28)31-19(4,5)6)15(26)20-11(8-23)14(25)21-12(9-24)16(27)29-7/h11-13,23-24H,8-10H2,1-7H3,(H,20,26)(H,21,25)(H,22,28)/t11-,12-,13-/m0/s1. The van der Waals surface area contributed by atoms with Crippen LogP contribution in [0.15, 0.2) is 0 Å². The van der Waals surface area contributed by atoms with Gasteiger partial charge in [-0.05, 0) is 41.5 Å². The average Bonchev–Trinajstić information content (AvgIpc) is 2.64. The fourth-order valence-electron chi connectivity index (χ4n) is 2.03. The lowest BCUT2D eigenvalue weighted by Crippen LogP contribution is -2.58. The molecule has 0 unspecified atom stereocenters. The zero-order chi connectivity index (χ0) is 24.4. The lowest BCUT2D eigenvalue weighted by Gasteiger charge is -2.27. The van der Waals surface area contributed by atoms with Gasteiger partial charge in [-0.2, -0.15) is 0 Å². The molecule has 0 aromatic rings. The van der Waals surface area contributed by atoms with Gasteiger partial charge in [-0.1, -0.05) is 0 Å². The maximum Gasteiger partial charge on any atom is 0.408 e. The summed E-state index contributed by atoms with van der Waals surface area (Å²) < 4.78 is 15.1. The molecule has 3 atom stereocenters. The van der Waals surface area contributed by atoms with Gasteiger partial charge in [0.2, 0.25) is 11.8 Å². The Bertz CT molecular complexity index is 626. The summed E-state index contributed by atoms with van der Waals surface area (Å²) in [6.45, 7) is 8.41. The third-order valence-electron chi connectivity index (χ3n) is 3.49. The minimum atomic E-state index is -1.47. The van der Waals surface area contributed by atoms with Gasteiger partial charge in [-0.15, -0.1) is 0 Å². The fraction of sp³-hybridized carbons (Fsp3) is 0.789. The number of aliphatic hydroxyl groups excluding tert-OH is 2. The molecule has 0 radical (unpaired) electrons. The number of ether oxygens (including phenoxy) is 3. The maximum absolute atomic E-state index is 12.7. The number of rotatable bonds is 10. The van der Waals surface area contributed by atoms with Crippen molar-refractivity contribution >= 4 is 23.9 Å². The lowest BCUT2D eigenvalue weighted by atomic mass is 10.1. The maximum atomic E-state index is 12.7. The fourth-order valence-corrected chi connectivity index (χ4v) is 2.03. The number of methoxy groups -OCH3 is 1. The highest BCUT2D eigenvalue weighted by molar-refractivity contribution is 5.93. The summed E-state index contributed by atoms with van der Waals surface area (Å²) in [5, 5.41) is 25.5. The van der Waals surface area contributed by atoms with Crippen molar-refractivity contribution in [3.8, 4) is 0 Å². The third-order valence-corrected chi connectivity index (χ3v) is 3.49. The third kappa shape index (κ3) is 12.1. The van der Waals surface area contributed by atoms with E-state index in [0.717, 1.165) is 7.11 Å². The molecule has 0 fully saturated rings. The van der Waals surface area contributed by atoms with Crippen LogP contribution in [0.25, 0.3) is 0 Å². The molecule has 0 aliphatic rings. The van der Waals surface area contributed by atoms with Crippen LogP contribution in [0.2, 0.25) is 0 Å². The summed E-state index contributed by atoms with van der Waals surface area (Å²) in [6, 6.07) is -4.09. The highest BCUT2D eigenvalue weighted by atomic mass is 16.6. The Morgan fingerprint density at radius 2 is 1.26 bits per heavy atom. The van der Waals surface area contributed by atoms with Crippen LogP contribution in [0.3, 0.4) is 0 Å². The van der Waals surface area contributed by atoms with Gasteiger partial charge in [0.15, 0.2) is 6.04 Å². The molecule has 12 heteroatoms. The van der Waals surface area contributed by atoms with E-state index < -0.39 is 66.4 Å². The Morgan fingerprint density at radius 3 is 1.68 bits per heavy atom. The minimum Gasteiger partial charge on any atom is -0.467 e. The molecule has 5 N–H and O–H groups in total. The van der Waals surface area contributed by atoms with E-state index in [-0.39, 0.29) is 6.61 Å². The second-order valence-electron chi connectivity index (χ2n) is 8.63. The highest BCUT2D eigenvalue weighted by Gasteiger charge is 2.31. The molecule has 0 aromatic heterocycles. The molecule has 0 bridgehead atoms. The van der Waals surface area contributed by atoms with Crippen LogP contribution in [0.1, 0.15) is 41.5 Å². The Labute approximate surface area is 182 Å². The lowest BCUT2D eigenvalue weighted by molar-refractivity contribution is -0.146. The van der Waals surface area contributed by atoms with Crippen molar-refractivity contribution in [1.29, 1.82) is 0 Å². The summed E-state index contributed by atoms with van der Waals surface area (Å²) in [4.78, 5) is 48.6. The molecule has 31 heavy (non-hydrogen) atoms. The van der Waals surface area contributed by atoms with Crippen LogP contribution in [0.4, 0.5) is 4.79 Å². The zero-order valence-corrected chi connectivity index (χ0v) is 19.1. The molecular formula is C19H35N3O9. The van der Waals surface area contributed by atoms with Gasteiger partial charge in [0, 0.05) is 0 Å².